The fourth-order valence-electron chi connectivity index (χ4n) is 8.41. The van der Waals surface area contributed by atoms with E-state index in [9.17, 15) is 9.90 Å². The van der Waals surface area contributed by atoms with Gasteiger partial charge in [0.1, 0.15) is 6.10 Å². The van der Waals surface area contributed by atoms with Gasteiger partial charge < -0.3 is 9.84 Å². The molecular formula is C30H40O3. The molecule has 1 fully saturated rings. The zero-order valence-corrected chi connectivity index (χ0v) is 21.0. The van der Waals surface area contributed by atoms with Crippen LogP contribution < -0.4 is 0 Å². The van der Waals surface area contributed by atoms with Crippen molar-refractivity contribution in [2.75, 3.05) is 0 Å². The van der Waals surface area contributed by atoms with Gasteiger partial charge in [0.15, 0.2) is 0 Å². The van der Waals surface area contributed by atoms with Crippen LogP contribution in [0.1, 0.15) is 89.9 Å². The Hall–Kier alpha value is -1.87. The Morgan fingerprint density at radius 1 is 1.03 bits per heavy atom. The van der Waals surface area contributed by atoms with Gasteiger partial charge in [-0.2, -0.15) is 0 Å². The maximum Gasteiger partial charge on any atom is 0.338 e. The molecule has 3 nitrogen and oxygen atoms in total. The number of esters is 1. The Labute approximate surface area is 199 Å². The first-order valence-corrected chi connectivity index (χ1v) is 13.0. The molecule has 1 saturated carbocycles. The van der Waals surface area contributed by atoms with Crippen molar-refractivity contribution in [3.05, 3.63) is 58.7 Å². The van der Waals surface area contributed by atoms with Gasteiger partial charge in [-0.3, -0.25) is 0 Å². The maximum absolute atomic E-state index is 12.9. The molecular weight excluding hydrogens is 408 g/mol. The van der Waals surface area contributed by atoms with Crippen LogP contribution in [-0.4, -0.2) is 23.3 Å². The normalized spacial score (nSPS) is 38.0. The topological polar surface area (TPSA) is 46.5 Å². The Bertz CT molecular complexity index is 1000. The summed E-state index contributed by atoms with van der Waals surface area (Å²) in [6.07, 6.45) is 9.69. The fraction of sp³-hybridized carbons (Fsp3) is 0.633. The third-order valence-corrected chi connectivity index (χ3v) is 10.2. The molecule has 6 atom stereocenters. The number of aliphatic hydroxyl groups excluding tert-OH is 1. The SMILES string of the molecule is C[C@@H](O)C1CC=C2C3=C(CCC21C)C1(C)CCC(OC(=O)c2ccccc2)C(C)(C)C1CC3. The van der Waals surface area contributed by atoms with Gasteiger partial charge in [0.2, 0.25) is 0 Å². The molecule has 0 radical (unpaired) electrons. The molecule has 0 bridgehead atoms. The lowest BCUT2D eigenvalue weighted by molar-refractivity contribution is -0.0994. The van der Waals surface area contributed by atoms with Gasteiger partial charge >= 0.3 is 5.97 Å². The standard InChI is InChI=1S/C30H40O3/c1-19(31)22-12-13-23-21-11-14-25-28(2,3)26(33-27(32)20-9-7-6-8-10-20)16-18-30(25,5)24(21)15-17-29(22,23)4/h6-10,13,19,22,25-26,31H,11-12,14-18H2,1-5H3/t19-,22?,25?,26?,29?,30?/m1/s1. The minimum Gasteiger partial charge on any atom is -0.458 e. The summed E-state index contributed by atoms with van der Waals surface area (Å²) in [5.41, 5.74) is 5.69. The van der Waals surface area contributed by atoms with E-state index in [-0.39, 0.29) is 34.4 Å². The summed E-state index contributed by atoms with van der Waals surface area (Å²) in [7, 11) is 0. The van der Waals surface area contributed by atoms with Crippen LogP contribution >= 0.6 is 0 Å². The molecule has 0 amide bonds. The van der Waals surface area contributed by atoms with Gasteiger partial charge in [-0.25, -0.2) is 4.79 Å². The van der Waals surface area contributed by atoms with Crippen molar-refractivity contribution in [3.8, 4) is 0 Å². The summed E-state index contributed by atoms with van der Waals surface area (Å²) in [6, 6.07) is 9.40. The summed E-state index contributed by atoms with van der Waals surface area (Å²) in [5, 5.41) is 10.5. The van der Waals surface area contributed by atoms with Crippen molar-refractivity contribution in [1.82, 2.24) is 0 Å². The van der Waals surface area contributed by atoms with Crippen LogP contribution in [-0.2, 0) is 4.74 Å². The average Bonchev–Trinajstić information content (AvgIpc) is 3.14. The number of rotatable bonds is 3. The van der Waals surface area contributed by atoms with E-state index in [2.05, 4.69) is 33.8 Å². The van der Waals surface area contributed by atoms with Crippen LogP contribution in [0.5, 0.6) is 0 Å². The van der Waals surface area contributed by atoms with E-state index in [1.807, 2.05) is 37.3 Å². The third kappa shape index (κ3) is 3.37. The first-order valence-electron chi connectivity index (χ1n) is 13.0. The highest BCUT2D eigenvalue weighted by molar-refractivity contribution is 5.89. The van der Waals surface area contributed by atoms with E-state index in [0.717, 1.165) is 44.9 Å². The van der Waals surface area contributed by atoms with Crippen LogP contribution in [0.3, 0.4) is 0 Å². The molecule has 0 heterocycles. The molecule has 1 aromatic rings. The lowest BCUT2D eigenvalue weighted by atomic mass is 9.46. The van der Waals surface area contributed by atoms with Crippen molar-refractivity contribution in [2.24, 2.45) is 28.1 Å². The number of aliphatic hydroxyl groups is 1. The first-order chi connectivity index (χ1) is 15.6. The molecule has 5 unspecified atom stereocenters. The number of carbonyl (C=O) groups excluding carboxylic acids is 1. The van der Waals surface area contributed by atoms with Crippen molar-refractivity contribution < 1.29 is 14.6 Å². The van der Waals surface area contributed by atoms with Gasteiger partial charge in [0.05, 0.1) is 11.7 Å². The van der Waals surface area contributed by atoms with Gasteiger partial charge in [0, 0.05) is 5.41 Å². The van der Waals surface area contributed by atoms with Gasteiger partial charge in [-0.15, -0.1) is 0 Å². The molecule has 1 aromatic carbocycles. The van der Waals surface area contributed by atoms with Gasteiger partial charge in [-0.05, 0) is 97.8 Å². The number of allylic oxidation sites excluding steroid dienone is 4. The highest BCUT2D eigenvalue weighted by atomic mass is 16.5. The van der Waals surface area contributed by atoms with E-state index in [1.54, 1.807) is 16.7 Å². The Balaban J connectivity index is 1.42. The van der Waals surface area contributed by atoms with Crippen LogP contribution in [0, 0.1) is 28.1 Å². The van der Waals surface area contributed by atoms with E-state index >= 15 is 0 Å². The lowest BCUT2D eigenvalue weighted by Gasteiger charge is -2.59. The quantitative estimate of drug-likeness (QED) is 0.513. The van der Waals surface area contributed by atoms with Crippen molar-refractivity contribution in [2.45, 2.75) is 91.8 Å². The molecule has 0 aliphatic heterocycles. The second kappa shape index (κ2) is 7.83. The minimum atomic E-state index is -0.258. The maximum atomic E-state index is 12.9. The van der Waals surface area contributed by atoms with Crippen molar-refractivity contribution >= 4 is 5.97 Å². The molecule has 0 saturated heterocycles. The Morgan fingerprint density at radius 2 is 1.76 bits per heavy atom. The summed E-state index contributed by atoms with van der Waals surface area (Å²) in [6.45, 7) is 11.5. The summed E-state index contributed by atoms with van der Waals surface area (Å²) in [4.78, 5) is 12.9. The molecule has 4 aliphatic rings. The van der Waals surface area contributed by atoms with Crippen molar-refractivity contribution in [3.63, 3.8) is 0 Å². The fourth-order valence-corrected chi connectivity index (χ4v) is 8.41. The number of carbonyl (C=O) groups is 1. The average molecular weight is 449 g/mol. The predicted molar refractivity (Wildman–Crippen MR) is 132 cm³/mol. The molecule has 33 heavy (non-hydrogen) atoms. The zero-order chi connectivity index (χ0) is 23.6. The Morgan fingerprint density at radius 3 is 2.45 bits per heavy atom. The van der Waals surface area contributed by atoms with Gasteiger partial charge in [0.25, 0.3) is 0 Å². The Kier molecular flexibility index (Phi) is 5.44. The minimum absolute atomic E-state index is 0.0513. The van der Waals surface area contributed by atoms with E-state index in [1.165, 1.54) is 0 Å². The smallest absolute Gasteiger partial charge is 0.338 e. The molecule has 3 heteroatoms. The number of fused-ring (bicyclic) bond motifs is 4. The van der Waals surface area contributed by atoms with Crippen molar-refractivity contribution in [1.29, 1.82) is 0 Å². The largest absolute Gasteiger partial charge is 0.458 e. The predicted octanol–water partition coefficient (Wildman–Crippen LogP) is 6.87. The number of ether oxygens (including phenoxy) is 1. The van der Waals surface area contributed by atoms with Gasteiger partial charge in [-0.1, -0.05) is 57.5 Å². The highest BCUT2D eigenvalue weighted by Gasteiger charge is 2.58. The van der Waals surface area contributed by atoms with E-state index in [4.69, 9.17) is 4.74 Å². The summed E-state index contributed by atoms with van der Waals surface area (Å²) < 4.78 is 6.15. The highest BCUT2D eigenvalue weighted by Crippen LogP contribution is 2.66. The first kappa shape index (κ1) is 22.9. The molecule has 0 spiro atoms. The number of hydrogen-bond donors (Lipinski definition) is 1. The molecule has 0 aromatic heterocycles. The summed E-state index contributed by atoms with van der Waals surface area (Å²) in [5.74, 6) is 0.656. The van der Waals surface area contributed by atoms with Crippen LogP contribution in [0.4, 0.5) is 0 Å². The lowest BCUT2D eigenvalue weighted by Crippen LogP contribution is -2.54. The molecule has 5 rings (SSSR count). The second-order valence-corrected chi connectivity index (χ2v) is 12.2. The second-order valence-electron chi connectivity index (χ2n) is 12.2. The monoisotopic (exact) mass is 448 g/mol. The molecule has 4 aliphatic carbocycles. The zero-order valence-electron chi connectivity index (χ0n) is 21.0. The molecule has 1 N–H and O–H groups in total. The number of benzene rings is 1. The van der Waals surface area contributed by atoms with Crippen LogP contribution in [0.15, 0.2) is 53.1 Å². The van der Waals surface area contributed by atoms with Crippen LogP contribution in [0.2, 0.25) is 0 Å². The third-order valence-electron chi connectivity index (χ3n) is 10.2. The van der Waals surface area contributed by atoms with E-state index in [0.29, 0.717) is 17.4 Å². The van der Waals surface area contributed by atoms with Crippen LogP contribution in [0.25, 0.3) is 0 Å². The molecule has 178 valence electrons. The number of hydrogen-bond acceptors (Lipinski definition) is 3. The van der Waals surface area contributed by atoms with E-state index < -0.39 is 0 Å². The summed E-state index contributed by atoms with van der Waals surface area (Å²) >= 11 is 0.